The predicted molar refractivity (Wildman–Crippen MR) is 111 cm³/mol. The van der Waals surface area contributed by atoms with Gasteiger partial charge >= 0.3 is 6.03 Å². The number of urea groups is 1. The molecule has 0 radical (unpaired) electrons. The van der Waals surface area contributed by atoms with Gasteiger partial charge in [-0.1, -0.05) is 24.3 Å². The van der Waals surface area contributed by atoms with Crippen molar-refractivity contribution >= 4 is 29.6 Å². The van der Waals surface area contributed by atoms with Crippen molar-refractivity contribution in [3.05, 3.63) is 54.1 Å². The van der Waals surface area contributed by atoms with Crippen LogP contribution in [0.1, 0.15) is 17.3 Å². The second-order valence-corrected chi connectivity index (χ2v) is 8.25. The summed E-state index contributed by atoms with van der Waals surface area (Å²) in [7, 11) is 0. The van der Waals surface area contributed by atoms with Crippen LogP contribution in [0.15, 0.2) is 53.4 Å². The van der Waals surface area contributed by atoms with Gasteiger partial charge in [-0.2, -0.15) is 0 Å². The molecule has 2 aromatic rings. The van der Waals surface area contributed by atoms with Crippen molar-refractivity contribution < 1.29 is 23.9 Å². The number of ether oxygens (including phenoxy) is 2. The molecule has 0 saturated carbocycles. The van der Waals surface area contributed by atoms with Crippen molar-refractivity contribution in [1.29, 1.82) is 0 Å². The van der Waals surface area contributed by atoms with E-state index in [1.54, 1.807) is 19.1 Å². The topological polar surface area (TPSA) is 106 Å². The summed E-state index contributed by atoms with van der Waals surface area (Å²) in [5.41, 5.74) is -0.528. The van der Waals surface area contributed by atoms with Gasteiger partial charge in [-0.25, -0.2) is 4.79 Å². The molecule has 1 fully saturated rings. The molecule has 0 aromatic heterocycles. The molecule has 156 valence electrons. The number of fused-ring (bicyclic) bond motifs is 1. The van der Waals surface area contributed by atoms with E-state index in [1.165, 1.54) is 11.8 Å². The van der Waals surface area contributed by atoms with Gasteiger partial charge in [-0.05, 0) is 31.2 Å². The molecule has 30 heavy (non-hydrogen) atoms. The largest absolute Gasteiger partial charge is 0.486 e. The van der Waals surface area contributed by atoms with E-state index in [0.717, 1.165) is 4.90 Å². The molecule has 2 atom stereocenters. The van der Waals surface area contributed by atoms with Gasteiger partial charge in [0.2, 0.25) is 0 Å². The minimum atomic E-state index is -1.02. The number of rotatable bonds is 6. The van der Waals surface area contributed by atoms with E-state index < -0.39 is 11.6 Å². The van der Waals surface area contributed by atoms with Crippen LogP contribution in [-0.2, 0) is 4.79 Å². The van der Waals surface area contributed by atoms with E-state index >= 15 is 0 Å². The SMILES string of the molecule is C[C@@]1(CSc2ccccc2C(=O)NC[C@H]2COc3ccccc3O2)NC(=O)NC1=O. The number of hydrogen-bond donors (Lipinski definition) is 3. The highest BCUT2D eigenvalue weighted by atomic mass is 32.2. The lowest BCUT2D eigenvalue weighted by atomic mass is 10.1. The number of carbonyl (C=O) groups is 3. The number of thioether (sulfide) groups is 1. The van der Waals surface area contributed by atoms with E-state index in [9.17, 15) is 14.4 Å². The van der Waals surface area contributed by atoms with E-state index in [0.29, 0.717) is 36.0 Å². The third-order valence-electron chi connectivity index (χ3n) is 4.82. The molecule has 0 bridgehead atoms. The molecule has 3 N–H and O–H groups in total. The Labute approximate surface area is 177 Å². The van der Waals surface area contributed by atoms with Crippen LogP contribution in [0.25, 0.3) is 0 Å². The highest BCUT2D eigenvalue weighted by Gasteiger charge is 2.42. The van der Waals surface area contributed by atoms with Gasteiger partial charge in [-0.15, -0.1) is 11.8 Å². The maximum absolute atomic E-state index is 12.8. The predicted octanol–water partition coefficient (Wildman–Crippen LogP) is 1.95. The van der Waals surface area contributed by atoms with Gasteiger partial charge in [-0.3, -0.25) is 14.9 Å². The number of benzene rings is 2. The van der Waals surface area contributed by atoms with Crippen molar-refractivity contribution in [2.24, 2.45) is 0 Å². The second-order valence-electron chi connectivity index (χ2n) is 7.23. The minimum absolute atomic E-state index is 0.245. The fourth-order valence-corrected chi connectivity index (χ4v) is 4.29. The first-order valence-corrected chi connectivity index (χ1v) is 10.5. The van der Waals surface area contributed by atoms with Crippen molar-refractivity contribution in [3.8, 4) is 11.5 Å². The molecule has 9 heteroatoms. The molecule has 4 rings (SSSR count). The summed E-state index contributed by atoms with van der Waals surface area (Å²) in [5.74, 6) is 1.02. The molecule has 1 saturated heterocycles. The van der Waals surface area contributed by atoms with Gasteiger partial charge in [0.05, 0.1) is 12.1 Å². The maximum Gasteiger partial charge on any atom is 0.322 e. The second kappa shape index (κ2) is 8.27. The highest BCUT2D eigenvalue weighted by Crippen LogP contribution is 2.31. The number of para-hydroxylation sites is 2. The normalized spacial score (nSPS) is 22.2. The summed E-state index contributed by atoms with van der Waals surface area (Å²) in [4.78, 5) is 36.9. The molecule has 2 aliphatic rings. The molecule has 8 nitrogen and oxygen atoms in total. The Kier molecular flexibility index (Phi) is 5.54. The van der Waals surface area contributed by atoms with Crippen LogP contribution in [0.2, 0.25) is 0 Å². The third kappa shape index (κ3) is 4.20. The van der Waals surface area contributed by atoms with Gasteiger partial charge in [0.1, 0.15) is 18.2 Å². The van der Waals surface area contributed by atoms with Crippen LogP contribution in [0, 0.1) is 0 Å². The Balaban J connectivity index is 1.37. The lowest BCUT2D eigenvalue weighted by molar-refractivity contribution is -0.122. The summed E-state index contributed by atoms with van der Waals surface area (Å²) in [6, 6.07) is 14.0. The van der Waals surface area contributed by atoms with Crippen LogP contribution in [-0.4, -0.2) is 48.4 Å². The number of carbonyl (C=O) groups excluding carboxylic acids is 3. The highest BCUT2D eigenvalue weighted by molar-refractivity contribution is 7.99. The van der Waals surface area contributed by atoms with Crippen molar-refractivity contribution in [3.63, 3.8) is 0 Å². The van der Waals surface area contributed by atoms with E-state index in [2.05, 4.69) is 16.0 Å². The van der Waals surface area contributed by atoms with Crippen molar-refractivity contribution in [2.75, 3.05) is 18.9 Å². The van der Waals surface area contributed by atoms with Crippen molar-refractivity contribution in [1.82, 2.24) is 16.0 Å². The van der Waals surface area contributed by atoms with Gasteiger partial charge in [0.15, 0.2) is 11.5 Å². The molecule has 2 aliphatic heterocycles. The zero-order valence-electron chi connectivity index (χ0n) is 16.3. The zero-order valence-corrected chi connectivity index (χ0v) is 17.1. The van der Waals surface area contributed by atoms with Crippen LogP contribution < -0.4 is 25.4 Å². The Morgan fingerprint density at radius 3 is 2.67 bits per heavy atom. The van der Waals surface area contributed by atoms with E-state index in [4.69, 9.17) is 9.47 Å². The van der Waals surface area contributed by atoms with Crippen LogP contribution in [0.5, 0.6) is 11.5 Å². The van der Waals surface area contributed by atoms with Gasteiger partial charge in [0.25, 0.3) is 11.8 Å². The summed E-state index contributed by atoms with van der Waals surface area (Å²) in [6.45, 7) is 2.30. The summed E-state index contributed by atoms with van der Waals surface area (Å²) in [6.07, 6.45) is -0.292. The molecular formula is C21H21N3O5S. The quantitative estimate of drug-likeness (QED) is 0.481. The lowest BCUT2D eigenvalue weighted by Gasteiger charge is -2.26. The monoisotopic (exact) mass is 427 g/mol. The van der Waals surface area contributed by atoms with Gasteiger partial charge in [0, 0.05) is 10.6 Å². The molecular weight excluding hydrogens is 406 g/mol. The Morgan fingerprint density at radius 1 is 1.17 bits per heavy atom. The number of amides is 4. The lowest BCUT2D eigenvalue weighted by Crippen LogP contribution is -2.46. The first kappa shape index (κ1) is 20.1. The third-order valence-corrected chi connectivity index (χ3v) is 6.21. The smallest absolute Gasteiger partial charge is 0.322 e. The Hall–Kier alpha value is -3.20. The zero-order chi connectivity index (χ0) is 21.1. The first-order chi connectivity index (χ1) is 14.4. The van der Waals surface area contributed by atoms with E-state index in [-0.39, 0.29) is 17.9 Å². The number of hydrogen-bond acceptors (Lipinski definition) is 6. The van der Waals surface area contributed by atoms with Crippen LogP contribution in [0.4, 0.5) is 4.79 Å². The van der Waals surface area contributed by atoms with Gasteiger partial charge < -0.3 is 20.1 Å². The molecule has 0 spiro atoms. The Morgan fingerprint density at radius 2 is 1.90 bits per heavy atom. The molecule has 0 aliphatic carbocycles. The first-order valence-electron chi connectivity index (χ1n) is 9.47. The number of nitrogens with one attached hydrogen (secondary N) is 3. The van der Waals surface area contributed by atoms with Crippen LogP contribution >= 0.6 is 11.8 Å². The summed E-state index contributed by atoms with van der Waals surface area (Å²) in [5, 5.41) is 7.75. The minimum Gasteiger partial charge on any atom is -0.486 e. The summed E-state index contributed by atoms with van der Waals surface area (Å²) < 4.78 is 11.5. The summed E-state index contributed by atoms with van der Waals surface area (Å²) >= 11 is 1.34. The molecule has 4 amide bonds. The number of imide groups is 1. The fourth-order valence-electron chi connectivity index (χ4n) is 3.15. The Bertz CT molecular complexity index is 998. The maximum atomic E-state index is 12.8. The van der Waals surface area contributed by atoms with E-state index in [1.807, 2.05) is 36.4 Å². The fraction of sp³-hybridized carbons (Fsp3) is 0.286. The molecule has 0 unspecified atom stereocenters. The van der Waals surface area contributed by atoms with Crippen LogP contribution in [0.3, 0.4) is 0 Å². The average molecular weight is 427 g/mol. The average Bonchev–Trinajstić information content (AvgIpc) is 3.02. The standard InChI is InChI=1S/C21H21N3O5S/c1-21(19(26)23-20(27)24-21)12-30-17-9-5-2-6-14(17)18(25)22-10-13-11-28-15-7-3-4-8-16(15)29-13/h2-9,13H,10-12H2,1H3,(H,22,25)(H2,23,24,26,27)/t13-,21-/m0/s1. The molecule has 2 aromatic carbocycles. The van der Waals surface area contributed by atoms with Crippen molar-refractivity contribution in [2.45, 2.75) is 23.5 Å². The molecule has 2 heterocycles.